The van der Waals surface area contributed by atoms with E-state index in [1.165, 1.54) is 24.3 Å². The number of hydrogen-bond donors (Lipinski definition) is 0. The highest BCUT2D eigenvalue weighted by Gasteiger charge is 2.32. The van der Waals surface area contributed by atoms with Gasteiger partial charge in [-0.15, -0.1) is 0 Å². The van der Waals surface area contributed by atoms with Crippen molar-refractivity contribution in [3.63, 3.8) is 0 Å². The third-order valence-corrected chi connectivity index (χ3v) is 7.16. The number of ether oxygens (including phenoxy) is 5. The monoisotopic (exact) mass is 594 g/mol. The average Bonchev–Trinajstić information content (AvgIpc) is 3.03. The zero-order valence-electron chi connectivity index (χ0n) is 24.2. The first-order valence-corrected chi connectivity index (χ1v) is 14.6. The van der Waals surface area contributed by atoms with Gasteiger partial charge in [0, 0.05) is 6.08 Å². The van der Waals surface area contributed by atoms with Gasteiger partial charge in [0.2, 0.25) is 0 Å². The van der Waals surface area contributed by atoms with Gasteiger partial charge in [0.1, 0.15) is 23.0 Å². The van der Waals surface area contributed by atoms with Gasteiger partial charge >= 0.3 is 17.9 Å². The summed E-state index contributed by atoms with van der Waals surface area (Å²) in [6, 6.07) is 11.1. The molecule has 0 unspecified atom stereocenters. The van der Waals surface area contributed by atoms with Gasteiger partial charge in [-0.2, -0.15) is 0 Å². The molecule has 0 saturated heterocycles. The van der Waals surface area contributed by atoms with Crippen molar-refractivity contribution in [2.75, 3.05) is 13.2 Å². The van der Waals surface area contributed by atoms with Crippen LogP contribution in [0.5, 0.6) is 23.0 Å². The van der Waals surface area contributed by atoms with Crippen LogP contribution in [-0.2, 0) is 23.9 Å². The Balaban J connectivity index is 1.31. The molecule has 1 saturated carbocycles. The number of benzene rings is 2. The average molecular weight is 595 g/mol. The van der Waals surface area contributed by atoms with Crippen molar-refractivity contribution >= 4 is 30.7 Å². The van der Waals surface area contributed by atoms with Crippen LogP contribution < -0.4 is 18.9 Å². The molecule has 0 radical (unpaired) electrons. The molecule has 0 N–H and O–H groups in total. The van der Waals surface area contributed by atoms with Crippen LogP contribution in [0.25, 0.3) is 0 Å². The molecule has 1 aliphatic rings. The molecule has 230 valence electrons. The summed E-state index contributed by atoms with van der Waals surface area (Å²) in [6.07, 6.45) is 9.58. The van der Waals surface area contributed by atoms with Gasteiger partial charge in [-0.1, -0.05) is 32.3 Å². The zero-order chi connectivity index (χ0) is 30.9. The van der Waals surface area contributed by atoms with Crippen molar-refractivity contribution in [3.05, 3.63) is 60.7 Å². The fraction of sp³-hybridized carbons (Fsp3) is 0.424. The Morgan fingerprint density at radius 1 is 0.721 bits per heavy atom. The highest BCUT2D eigenvalue weighted by molar-refractivity contribution is 5.84. The predicted octanol–water partition coefficient (Wildman–Crippen LogP) is 5.80. The lowest BCUT2D eigenvalue weighted by Crippen LogP contribution is -2.30. The molecule has 0 spiro atoms. The second kappa shape index (κ2) is 18.1. The number of aldehydes is 1. The molecule has 0 bridgehead atoms. The lowest BCUT2D eigenvalue weighted by Gasteiger charge is -2.26. The van der Waals surface area contributed by atoms with Crippen LogP contribution in [0.4, 0.5) is 0 Å². The summed E-state index contributed by atoms with van der Waals surface area (Å²) in [5.74, 6) is -0.537. The van der Waals surface area contributed by atoms with Crippen molar-refractivity contribution in [1.29, 1.82) is 0 Å². The Bertz CT molecular complexity index is 1230. The maximum absolute atomic E-state index is 12.7. The van der Waals surface area contributed by atoms with Gasteiger partial charge in [-0.3, -0.25) is 19.2 Å². The maximum Gasteiger partial charge on any atom is 0.330 e. The van der Waals surface area contributed by atoms with E-state index in [4.69, 9.17) is 23.7 Å². The third-order valence-electron chi connectivity index (χ3n) is 7.16. The molecule has 10 heteroatoms. The minimum atomic E-state index is -0.474. The lowest BCUT2D eigenvalue weighted by atomic mass is 9.82. The quantitative estimate of drug-likeness (QED) is 0.0686. The molecular weight excluding hydrogens is 556 g/mol. The number of carbonyl (C=O) groups excluding carboxylic acids is 5. The third kappa shape index (κ3) is 11.4. The molecule has 0 amide bonds. The van der Waals surface area contributed by atoms with Crippen LogP contribution in [0.15, 0.2) is 55.1 Å². The molecule has 43 heavy (non-hydrogen) atoms. The number of rotatable bonds is 18. The standard InChI is InChI=1S/C33H38O10/c1-2-31(36)40-20-8-6-4-3-5-7-19-39-27-13-15-28(16-14-27)42-32(37)24-9-11-25(12-10-24)33(38)43-30-18-17-29(41-23-35)21-26(30)22-34/h2,13-18,21-25H,1,3-12,19-20H2/t24-,25-. The molecule has 0 atom stereocenters. The molecular formula is C33H38O10. The molecule has 0 aromatic heterocycles. The summed E-state index contributed by atoms with van der Waals surface area (Å²) in [6.45, 7) is 4.63. The van der Waals surface area contributed by atoms with E-state index in [1.54, 1.807) is 24.3 Å². The van der Waals surface area contributed by atoms with Crippen molar-refractivity contribution in [1.82, 2.24) is 0 Å². The Morgan fingerprint density at radius 3 is 1.88 bits per heavy atom. The number of unbranched alkanes of at least 4 members (excludes halogenated alkanes) is 5. The summed E-state index contributed by atoms with van der Waals surface area (Å²) in [5.41, 5.74) is 0.0929. The second-order valence-corrected chi connectivity index (χ2v) is 10.2. The smallest absolute Gasteiger partial charge is 0.330 e. The Morgan fingerprint density at radius 2 is 1.28 bits per heavy atom. The molecule has 1 fully saturated rings. The SMILES string of the molecule is C=CC(=O)OCCCCCCCCOc1ccc(OC(=O)[C@H]2CC[C@H](C(=O)Oc3ccc(OC=O)cc3C=O)CC2)cc1. The van der Waals surface area contributed by atoms with Crippen LogP contribution in [0.2, 0.25) is 0 Å². The highest BCUT2D eigenvalue weighted by atomic mass is 16.5. The fourth-order valence-electron chi connectivity index (χ4n) is 4.73. The fourth-order valence-corrected chi connectivity index (χ4v) is 4.73. The number of esters is 3. The molecule has 10 nitrogen and oxygen atoms in total. The summed E-state index contributed by atoms with van der Waals surface area (Å²) in [4.78, 5) is 58.2. The molecule has 3 rings (SSSR count). The van der Waals surface area contributed by atoms with Crippen molar-refractivity contribution in [2.24, 2.45) is 11.8 Å². The zero-order valence-corrected chi connectivity index (χ0v) is 24.2. The van der Waals surface area contributed by atoms with Crippen molar-refractivity contribution in [3.8, 4) is 23.0 Å². The summed E-state index contributed by atoms with van der Waals surface area (Å²) >= 11 is 0. The van der Waals surface area contributed by atoms with E-state index in [1.807, 2.05) is 0 Å². The van der Waals surface area contributed by atoms with Gasteiger partial charge in [-0.05, 0) is 81.0 Å². The highest BCUT2D eigenvalue weighted by Crippen LogP contribution is 2.32. The van der Waals surface area contributed by atoms with Crippen LogP contribution in [0.1, 0.15) is 74.6 Å². The van der Waals surface area contributed by atoms with E-state index < -0.39 is 11.9 Å². The summed E-state index contributed by atoms with van der Waals surface area (Å²) < 4.78 is 26.4. The normalized spacial score (nSPS) is 15.9. The van der Waals surface area contributed by atoms with Crippen LogP contribution in [0, 0.1) is 11.8 Å². The van der Waals surface area contributed by atoms with E-state index in [2.05, 4.69) is 6.58 Å². The first-order chi connectivity index (χ1) is 20.9. The van der Waals surface area contributed by atoms with Crippen LogP contribution >= 0.6 is 0 Å². The van der Waals surface area contributed by atoms with E-state index >= 15 is 0 Å². The van der Waals surface area contributed by atoms with E-state index in [9.17, 15) is 24.0 Å². The topological polar surface area (TPSA) is 132 Å². The van der Waals surface area contributed by atoms with E-state index in [-0.39, 0.29) is 41.4 Å². The van der Waals surface area contributed by atoms with Crippen molar-refractivity contribution in [2.45, 2.75) is 64.2 Å². The van der Waals surface area contributed by atoms with Crippen LogP contribution in [-0.4, -0.2) is 43.9 Å². The Kier molecular flexibility index (Phi) is 13.9. The van der Waals surface area contributed by atoms with E-state index in [0.717, 1.165) is 38.5 Å². The Hall–Kier alpha value is -4.47. The molecule has 0 aliphatic heterocycles. The predicted molar refractivity (Wildman–Crippen MR) is 156 cm³/mol. The second-order valence-electron chi connectivity index (χ2n) is 10.2. The summed E-state index contributed by atoms with van der Waals surface area (Å²) in [7, 11) is 0. The summed E-state index contributed by atoms with van der Waals surface area (Å²) in [5, 5.41) is 0. The van der Waals surface area contributed by atoms with Crippen molar-refractivity contribution < 1.29 is 47.7 Å². The molecule has 1 aliphatic carbocycles. The molecule has 2 aromatic carbocycles. The first kappa shape index (κ1) is 33.0. The minimum Gasteiger partial charge on any atom is -0.494 e. The number of hydrogen-bond acceptors (Lipinski definition) is 10. The first-order valence-electron chi connectivity index (χ1n) is 14.6. The number of carbonyl (C=O) groups is 5. The van der Waals surface area contributed by atoms with Gasteiger partial charge in [0.05, 0.1) is 30.6 Å². The van der Waals surface area contributed by atoms with Gasteiger partial charge < -0.3 is 23.7 Å². The van der Waals surface area contributed by atoms with E-state index in [0.29, 0.717) is 56.7 Å². The molecule has 0 heterocycles. The van der Waals surface area contributed by atoms with Gasteiger partial charge in [0.15, 0.2) is 6.29 Å². The van der Waals surface area contributed by atoms with Crippen LogP contribution in [0.3, 0.4) is 0 Å². The van der Waals surface area contributed by atoms with Gasteiger partial charge in [-0.25, -0.2) is 4.79 Å². The van der Waals surface area contributed by atoms with Gasteiger partial charge in [0.25, 0.3) is 6.47 Å². The Labute approximate surface area is 251 Å². The molecule has 2 aromatic rings. The lowest BCUT2D eigenvalue weighted by molar-refractivity contribution is -0.145. The minimum absolute atomic E-state index is 0.0876. The maximum atomic E-state index is 12.7. The largest absolute Gasteiger partial charge is 0.494 e.